The van der Waals surface area contributed by atoms with Crippen LogP contribution in [0.3, 0.4) is 0 Å². The van der Waals surface area contributed by atoms with Gasteiger partial charge in [-0.3, -0.25) is 9.89 Å². The summed E-state index contributed by atoms with van der Waals surface area (Å²) in [4.78, 5) is 14.9. The molecule has 114 valence electrons. The van der Waals surface area contributed by atoms with Gasteiger partial charge >= 0.3 is 0 Å². The number of H-pyrrole nitrogens is 1. The lowest BCUT2D eigenvalue weighted by Crippen LogP contribution is -2.36. The molecule has 1 aliphatic rings. The molecule has 2 N–H and O–H groups in total. The molecule has 0 aliphatic carbocycles. The SMILES string of the molecule is N#Cc1cccc(-c2nc(N3CCOCC3)n[nH]2)c1.O=CO. The number of carbonyl (C=O) groups is 1. The van der Waals surface area contributed by atoms with E-state index >= 15 is 0 Å². The molecule has 0 unspecified atom stereocenters. The van der Waals surface area contributed by atoms with E-state index in [-0.39, 0.29) is 6.47 Å². The highest BCUT2D eigenvalue weighted by atomic mass is 16.5. The van der Waals surface area contributed by atoms with E-state index in [1.807, 2.05) is 12.1 Å². The van der Waals surface area contributed by atoms with Gasteiger partial charge in [0.25, 0.3) is 6.47 Å². The maximum atomic E-state index is 8.90. The molecule has 1 fully saturated rings. The van der Waals surface area contributed by atoms with Crippen molar-refractivity contribution in [1.82, 2.24) is 15.2 Å². The Balaban J connectivity index is 0.000000545. The number of aromatic amines is 1. The minimum atomic E-state index is -0.250. The molecule has 1 saturated heterocycles. The lowest BCUT2D eigenvalue weighted by molar-refractivity contribution is -0.122. The smallest absolute Gasteiger partial charge is 0.290 e. The number of benzene rings is 1. The van der Waals surface area contributed by atoms with E-state index in [9.17, 15) is 0 Å². The number of anilines is 1. The molecule has 0 radical (unpaired) electrons. The van der Waals surface area contributed by atoms with Crippen molar-refractivity contribution in [2.24, 2.45) is 0 Å². The van der Waals surface area contributed by atoms with Crippen molar-refractivity contribution in [2.75, 3.05) is 31.2 Å². The Kier molecular flexibility index (Phi) is 5.45. The number of nitrogens with one attached hydrogen (secondary N) is 1. The first kappa shape index (κ1) is 15.5. The second-order valence-electron chi connectivity index (χ2n) is 4.38. The average molecular weight is 301 g/mol. The minimum absolute atomic E-state index is 0.250. The fourth-order valence-electron chi connectivity index (χ4n) is 2.02. The first-order valence-corrected chi connectivity index (χ1v) is 6.62. The fourth-order valence-corrected chi connectivity index (χ4v) is 2.02. The molecule has 0 amide bonds. The molecular weight excluding hydrogens is 286 g/mol. The van der Waals surface area contributed by atoms with Crippen LogP contribution in [0.1, 0.15) is 5.56 Å². The summed E-state index contributed by atoms with van der Waals surface area (Å²) in [5.41, 5.74) is 1.48. The number of hydrogen-bond donors (Lipinski definition) is 2. The van der Waals surface area contributed by atoms with Gasteiger partial charge in [0.15, 0.2) is 5.82 Å². The predicted octanol–water partition coefficient (Wildman–Crippen LogP) is 0.881. The topological polar surface area (TPSA) is 115 Å². The van der Waals surface area contributed by atoms with Gasteiger partial charge in [-0.15, -0.1) is 5.10 Å². The molecule has 0 spiro atoms. The average Bonchev–Trinajstić information content (AvgIpc) is 3.06. The Hall–Kier alpha value is -2.92. The first-order valence-electron chi connectivity index (χ1n) is 6.62. The van der Waals surface area contributed by atoms with Gasteiger partial charge in [0.05, 0.1) is 24.8 Å². The molecule has 8 heteroatoms. The van der Waals surface area contributed by atoms with Crippen LogP contribution in [0.5, 0.6) is 0 Å². The van der Waals surface area contributed by atoms with E-state index in [4.69, 9.17) is 19.9 Å². The molecule has 3 rings (SSSR count). The number of ether oxygens (including phenoxy) is 1. The Bertz CT molecular complexity index is 658. The van der Waals surface area contributed by atoms with Gasteiger partial charge in [0, 0.05) is 18.7 Å². The normalized spacial score (nSPS) is 13.7. The molecule has 8 nitrogen and oxygen atoms in total. The van der Waals surface area contributed by atoms with Crippen molar-refractivity contribution < 1.29 is 14.6 Å². The van der Waals surface area contributed by atoms with Gasteiger partial charge in [-0.2, -0.15) is 10.2 Å². The number of nitrogens with zero attached hydrogens (tertiary/aromatic N) is 4. The van der Waals surface area contributed by atoms with Crippen molar-refractivity contribution >= 4 is 12.4 Å². The molecule has 0 bridgehead atoms. The van der Waals surface area contributed by atoms with Gasteiger partial charge in [-0.05, 0) is 12.1 Å². The Morgan fingerprint density at radius 1 is 1.41 bits per heavy atom. The minimum Gasteiger partial charge on any atom is -0.483 e. The number of nitriles is 1. The molecule has 0 saturated carbocycles. The highest BCUT2D eigenvalue weighted by molar-refractivity contribution is 5.59. The predicted molar refractivity (Wildman–Crippen MR) is 78.3 cm³/mol. The van der Waals surface area contributed by atoms with E-state index in [0.717, 1.165) is 18.7 Å². The summed E-state index contributed by atoms with van der Waals surface area (Å²) in [7, 11) is 0. The Morgan fingerprint density at radius 2 is 2.14 bits per heavy atom. The monoisotopic (exact) mass is 301 g/mol. The van der Waals surface area contributed by atoms with Gasteiger partial charge in [-0.1, -0.05) is 12.1 Å². The summed E-state index contributed by atoms with van der Waals surface area (Å²) in [5.74, 6) is 1.36. The van der Waals surface area contributed by atoms with Gasteiger partial charge in [0.2, 0.25) is 5.95 Å². The second-order valence-corrected chi connectivity index (χ2v) is 4.38. The molecule has 1 aromatic carbocycles. The van der Waals surface area contributed by atoms with Crippen molar-refractivity contribution in [3.8, 4) is 17.5 Å². The zero-order valence-electron chi connectivity index (χ0n) is 11.8. The lowest BCUT2D eigenvalue weighted by Gasteiger charge is -2.25. The Labute approximate surface area is 127 Å². The number of aromatic nitrogens is 3. The lowest BCUT2D eigenvalue weighted by atomic mass is 10.1. The van der Waals surface area contributed by atoms with Gasteiger partial charge in [0.1, 0.15) is 0 Å². The largest absolute Gasteiger partial charge is 0.483 e. The second kappa shape index (κ2) is 7.75. The van der Waals surface area contributed by atoms with Crippen molar-refractivity contribution in [3.63, 3.8) is 0 Å². The summed E-state index contributed by atoms with van der Waals surface area (Å²) in [6, 6.07) is 9.43. The quantitative estimate of drug-likeness (QED) is 0.791. The van der Waals surface area contributed by atoms with E-state index in [2.05, 4.69) is 26.2 Å². The van der Waals surface area contributed by atoms with Crippen LogP contribution in [0, 0.1) is 11.3 Å². The molecule has 0 atom stereocenters. The summed E-state index contributed by atoms with van der Waals surface area (Å²) in [6.07, 6.45) is 0. The highest BCUT2D eigenvalue weighted by Gasteiger charge is 2.16. The molecule has 1 aliphatic heterocycles. The van der Waals surface area contributed by atoms with Gasteiger partial charge in [-0.25, -0.2) is 0 Å². The van der Waals surface area contributed by atoms with Crippen LogP contribution in [-0.2, 0) is 9.53 Å². The van der Waals surface area contributed by atoms with Crippen LogP contribution in [0.2, 0.25) is 0 Å². The zero-order chi connectivity index (χ0) is 15.8. The van der Waals surface area contributed by atoms with Crippen molar-refractivity contribution in [2.45, 2.75) is 0 Å². The maximum absolute atomic E-state index is 8.90. The van der Waals surface area contributed by atoms with Crippen LogP contribution in [0.4, 0.5) is 5.95 Å². The van der Waals surface area contributed by atoms with E-state index in [0.29, 0.717) is 30.5 Å². The zero-order valence-corrected chi connectivity index (χ0v) is 11.8. The Morgan fingerprint density at radius 3 is 2.82 bits per heavy atom. The third-order valence-corrected chi connectivity index (χ3v) is 3.03. The number of morpholine rings is 1. The van der Waals surface area contributed by atoms with Crippen LogP contribution in [-0.4, -0.2) is 53.1 Å². The molecule has 2 aromatic rings. The van der Waals surface area contributed by atoms with Crippen molar-refractivity contribution in [1.29, 1.82) is 5.26 Å². The summed E-state index contributed by atoms with van der Waals surface area (Å²) < 4.78 is 5.30. The van der Waals surface area contributed by atoms with Crippen molar-refractivity contribution in [3.05, 3.63) is 29.8 Å². The van der Waals surface area contributed by atoms with E-state index in [1.165, 1.54) is 0 Å². The third kappa shape index (κ3) is 3.80. The number of hydrogen-bond acceptors (Lipinski definition) is 6. The molecular formula is C14H15N5O3. The number of rotatable bonds is 2. The highest BCUT2D eigenvalue weighted by Crippen LogP contribution is 2.19. The maximum Gasteiger partial charge on any atom is 0.290 e. The summed E-state index contributed by atoms with van der Waals surface area (Å²) in [5, 5.41) is 22.9. The van der Waals surface area contributed by atoms with Crippen LogP contribution in [0.25, 0.3) is 11.4 Å². The number of carboxylic acid groups (broad SMARTS) is 1. The standard InChI is InChI=1S/C13H13N5O.CH2O2/c14-9-10-2-1-3-11(8-10)12-15-13(17-16-12)18-4-6-19-7-5-18;2-1-3/h1-3,8H,4-7H2,(H,15,16,17);1H,(H,2,3). The van der Waals surface area contributed by atoms with Crippen LogP contribution < -0.4 is 4.90 Å². The third-order valence-electron chi connectivity index (χ3n) is 3.03. The molecule has 22 heavy (non-hydrogen) atoms. The summed E-state index contributed by atoms with van der Waals surface area (Å²) >= 11 is 0. The first-order chi connectivity index (χ1) is 10.8. The molecule has 1 aromatic heterocycles. The van der Waals surface area contributed by atoms with Crippen LogP contribution >= 0.6 is 0 Å². The van der Waals surface area contributed by atoms with E-state index in [1.54, 1.807) is 12.1 Å². The van der Waals surface area contributed by atoms with E-state index < -0.39 is 0 Å². The molecule has 2 heterocycles. The van der Waals surface area contributed by atoms with Crippen LogP contribution in [0.15, 0.2) is 24.3 Å². The summed E-state index contributed by atoms with van der Waals surface area (Å²) in [6.45, 7) is 2.76. The fraction of sp³-hybridized carbons (Fsp3) is 0.286. The van der Waals surface area contributed by atoms with Gasteiger partial charge < -0.3 is 14.7 Å².